The number of hydrogen-bond acceptors (Lipinski definition) is 6. The molecule has 1 aliphatic rings. The smallest absolute Gasteiger partial charge is 0.231 e. The quantitative estimate of drug-likeness (QED) is 0.520. The van der Waals surface area contributed by atoms with E-state index >= 15 is 0 Å². The van der Waals surface area contributed by atoms with Crippen LogP contribution in [0.3, 0.4) is 0 Å². The summed E-state index contributed by atoms with van der Waals surface area (Å²) < 4.78 is 20.4. The second-order valence-corrected chi connectivity index (χ2v) is 6.67. The van der Waals surface area contributed by atoms with Gasteiger partial charge in [-0.1, -0.05) is 12.1 Å². The molecule has 146 valence electrons. The van der Waals surface area contributed by atoms with E-state index in [0.29, 0.717) is 17.2 Å². The van der Waals surface area contributed by atoms with Crippen LogP contribution in [0, 0.1) is 0 Å². The van der Waals surface area contributed by atoms with Crippen molar-refractivity contribution in [1.82, 2.24) is 24.3 Å². The van der Waals surface area contributed by atoms with Crippen LogP contribution in [0.2, 0.25) is 0 Å². The van der Waals surface area contributed by atoms with E-state index in [1.54, 1.807) is 24.3 Å². The Hall–Kier alpha value is -3.81. The molecule has 0 amide bonds. The first-order chi connectivity index (χ1) is 14.2. The monoisotopic (exact) mass is 389 g/mol. The second kappa shape index (κ2) is 6.97. The largest absolute Gasteiger partial charge is 0.496 e. The van der Waals surface area contributed by atoms with Crippen LogP contribution < -0.4 is 14.2 Å². The minimum Gasteiger partial charge on any atom is -0.496 e. The van der Waals surface area contributed by atoms with Gasteiger partial charge in [0.2, 0.25) is 6.79 Å². The minimum absolute atomic E-state index is 0.0624. The number of fused-ring (bicyclic) bond motifs is 1. The Kier molecular flexibility index (Phi) is 4.16. The van der Waals surface area contributed by atoms with E-state index in [0.717, 1.165) is 22.6 Å². The molecule has 8 heteroatoms. The first kappa shape index (κ1) is 17.3. The van der Waals surface area contributed by atoms with E-state index in [-0.39, 0.29) is 12.8 Å². The van der Waals surface area contributed by atoms with Crippen molar-refractivity contribution in [3.8, 4) is 34.3 Å². The molecule has 0 aliphatic carbocycles. The fourth-order valence-electron chi connectivity index (χ4n) is 3.51. The summed E-state index contributed by atoms with van der Waals surface area (Å²) in [5.74, 6) is 2.86. The Morgan fingerprint density at radius 3 is 2.62 bits per heavy atom. The minimum atomic E-state index is 0.0624. The van der Waals surface area contributed by atoms with E-state index in [9.17, 15) is 0 Å². The SMILES string of the molecule is COc1cc2c(cc1-c1nccn1[C@@H](C)c1ccc(-n3cncn3)cc1)OCO2. The van der Waals surface area contributed by atoms with Crippen LogP contribution in [0.5, 0.6) is 17.2 Å². The molecule has 4 aromatic rings. The van der Waals surface area contributed by atoms with Crippen molar-refractivity contribution in [2.75, 3.05) is 13.9 Å². The summed E-state index contributed by atoms with van der Waals surface area (Å²) in [6.07, 6.45) is 6.96. The van der Waals surface area contributed by atoms with Crippen LogP contribution in [0.1, 0.15) is 18.5 Å². The molecule has 0 saturated heterocycles. The van der Waals surface area contributed by atoms with Crippen LogP contribution >= 0.6 is 0 Å². The molecule has 0 bridgehead atoms. The molecule has 0 radical (unpaired) electrons. The molecule has 0 saturated carbocycles. The number of hydrogen-bond donors (Lipinski definition) is 0. The Morgan fingerprint density at radius 2 is 1.90 bits per heavy atom. The first-order valence-corrected chi connectivity index (χ1v) is 9.20. The van der Waals surface area contributed by atoms with Gasteiger partial charge in [-0.2, -0.15) is 5.10 Å². The topological polar surface area (TPSA) is 76.2 Å². The van der Waals surface area contributed by atoms with Crippen molar-refractivity contribution in [1.29, 1.82) is 0 Å². The second-order valence-electron chi connectivity index (χ2n) is 6.67. The lowest BCUT2D eigenvalue weighted by Gasteiger charge is -2.18. The van der Waals surface area contributed by atoms with Gasteiger partial charge < -0.3 is 18.8 Å². The van der Waals surface area contributed by atoms with Gasteiger partial charge in [0.15, 0.2) is 11.5 Å². The molecule has 8 nitrogen and oxygen atoms in total. The molecular formula is C21H19N5O3. The van der Waals surface area contributed by atoms with Crippen LogP contribution in [-0.2, 0) is 0 Å². The zero-order valence-electron chi connectivity index (χ0n) is 16.0. The predicted molar refractivity (Wildman–Crippen MR) is 106 cm³/mol. The maximum Gasteiger partial charge on any atom is 0.231 e. The van der Waals surface area contributed by atoms with E-state index in [1.165, 1.54) is 6.33 Å². The highest BCUT2D eigenvalue weighted by molar-refractivity contribution is 5.70. The number of nitrogens with zero attached hydrogens (tertiary/aromatic N) is 5. The van der Waals surface area contributed by atoms with Crippen LogP contribution in [0.25, 0.3) is 17.1 Å². The molecule has 1 aliphatic heterocycles. The van der Waals surface area contributed by atoms with Gasteiger partial charge in [0, 0.05) is 18.5 Å². The fourth-order valence-corrected chi connectivity index (χ4v) is 3.51. The molecule has 0 unspecified atom stereocenters. The lowest BCUT2D eigenvalue weighted by atomic mass is 10.1. The van der Waals surface area contributed by atoms with Gasteiger partial charge in [-0.15, -0.1) is 0 Å². The van der Waals surface area contributed by atoms with Gasteiger partial charge >= 0.3 is 0 Å². The standard InChI is InChI=1S/C21H19N5O3/c1-14(15-3-5-16(6-4-15)26-12-22-11-24-26)25-8-7-23-21(25)17-9-19-20(29-13-28-19)10-18(17)27-2/h3-12,14H,13H2,1-2H3/t14-/m0/s1. The summed E-state index contributed by atoms with van der Waals surface area (Å²) in [6, 6.07) is 12.0. The van der Waals surface area contributed by atoms with Gasteiger partial charge in [0.05, 0.1) is 24.4 Å². The Bertz CT molecular complexity index is 1140. The van der Waals surface area contributed by atoms with Crippen molar-refractivity contribution >= 4 is 0 Å². The molecule has 5 rings (SSSR count). The molecule has 0 spiro atoms. The Morgan fingerprint density at radius 1 is 1.10 bits per heavy atom. The molecule has 0 N–H and O–H groups in total. The molecule has 1 atom stereocenters. The summed E-state index contributed by atoms with van der Waals surface area (Å²) in [5, 5.41) is 4.17. The normalized spacial score (nSPS) is 13.4. The number of imidazole rings is 1. The maximum absolute atomic E-state index is 5.59. The molecular weight excluding hydrogens is 370 g/mol. The number of rotatable bonds is 5. The van der Waals surface area contributed by atoms with Gasteiger partial charge in [0.1, 0.15) is 24.2 Å². The maximum atomic E-state index is 5.59. The molecule has 29 heavy (non-hydrogen) atoms. The van der Waals surface area contributed by atoms with Gasteiger partial charge in [-0.05, 0) is 30.7 Å². The highest BCUT2D eigenvalue weighted by Gasteiger charge is 2.22. The zero-order valence-corrected chi connectivity index (χ0v) is 16.0. The average molecular weight is 389 g/mol. The van der Waals surface area contributed by atoms with E-state index in [4.69, 9.17) is 14.2 Å². The number of ether oxygens (including phenoxy) is 3. The highest BCUT2D eigenvalue weighted by atomic mass is 16.7. The van der Waals surface area contributed by atoms with Crippen molar-refractivity contribution < 1.29 is 14.2 Å². The van der Waals surface area contributed by atoms with Crippen molar-refractivity contribution in [2.45, 2.75) is 13.0 Å². The summed E-state index contributed by atoms with van der Waals surface area (Å²) in [5.41, 5.74) is 2.96. The summed E-state index contributed by atoms with van der Waals surface area (Å²) in [6.45, 7) is 2.35. The average Bonchev–Trinajstić information content (AvgIpc) is 3.53. The van der Waals surface area contributed by atoms with Crippen molar-refractivity contribution in [2.24, 2.45) is 0 Å². The zero-order chi connectivity index (χ0) is 19.8. The third kappa shape index (κ3) is 2.98. The van der Waals surface area contributed by atoms with E-state index in [2.05, 4.69) is 38.7 Å². The molecule has 3 heterocycles. The lowest BCUT2D eigenvalue weighted by Crippen LogP contribution is -2.08. The summed E-state index contributed by atoms with van der Waals surface area (Å²) >= 11 is 0. The van der Waals surface area contributed by atoms with E-state index < -0.39 is 0 Å². The number of benzene rings is 2. The Balaban J connectivity index is 1.51. The predicted octanol–water partition coefficient (Wildman–Crippen LogP) is 3.48. The highest BCUT2D eigenvalue weighted by Crippen LogP contribution is 2.42. The van der Waals surface area contributed by atoms with Crippen LogP contribution in [0.4, 0.5) is 0 Å². The van der Waals surface area contributed by atoms with Crippen LogP contribution in [0.15, 0.2) is 61.4 Å². The molecule has 2 aromatic heterocycles. The third-order valence-corrected chi connectivity index (χ3v) is 5.08. The van der Waals surface area contributed by atoms with Crippen LogP contribution in [-0.4, -0.2) is 38.2 Å². The summed E-state index contributed by atoms with van der Waals surface area (Å²) in [7, 11) is 1.64. The number of methoxy groups -OCH3 is 1. The van der Waals surface area contributed by atoms with Gasteiger partial charge in [-0.25, -0.2) is 14.6 Å². The third-order valence-electron chi connectivity index (χ3n) is 5.08. The first-order valence-electron chi connectivity index (χ1n) is 9.20. The molecule has 0 fully saturated rings. The van der Waals surface area contributed by atoms with Crippen molar-refractivity contribution in [3.05, 3.63) is 67.0 Å². The fraction of sp³-hybridized carbons (Fsp3) is 0.190. The summed E-state index contributed by atoms with van der Waals surface area (Å²) in [4.78, 5) is 8.58. The van der Waals surface area contributed by atoms with Gasteiger partial charge in [0.25, 0.3) is 0 Å². The lowest BCUT2D eigenvalue weighted by molar-refractivity contribution is 0.174. The van der Waals surface area contributed by atoms with Crippen molar-refractivity contribution in [3.63, 3.8) is 0 Å². The van der Waals surface area contributed by atoms with Gasteiger partial charge in [-0.3, -0.25) is 0 Å². The molecule has 2 aromatic carbocycles. The Labute approximate surface area is 167 Å². The number of aromatic nitrogens is 5. The van der Waals surface area contributed by atoms with E-state index in [1.807, 2.05) is 30.5 Å².